The van der Waals surface area contributed by atoms with Crippen LogP contribution in [0, 0.1) is 37.5 Å². The van der Waals surface area contributed by atoms with Gasteiger partial charge >= 0.3 is 0 Å². The Morgan fingerprint density at radius 2 is 1.79 bits per heavy atom. The molecule has 0 aliphatic heterocycles. The summed E-state index contributed by atoms with van der Waals surface area (Å²) in [6.07, 6.45) is 12.5. The van der Waals surface area contributed by atoms with Crippen LogP contribution >= 0.6 is 10.0 Å². The van der Waals surface area contributed by atoms with Gasteiger partial charge < -0.3 is 15.4 Å². The van der Waals surface area contributed by atoms with Crippen LogP contribution in [-0.2, 0) is 22.8 Å². The van der Waals surface area contributed by atoms with Crippen LogP contribution in [0.3, 0.4) is 0 Å². The van der Waals surface area contributed by atoms with Gasteiger partial charge in [-0.25, -0.2) is 19.7 Å². The molecule has 0 saturated heterocycles. The number of rotatable bonds is 14. The molecule has 2 saturated carbocycles. The number of nitrogens with one attached hydrogen (secondary N) is 2. The molecule has 3 heterocycles. The lowest BCUT2D eigenvalue weighted by Crippen LogP contribution is -2.50. The molecule has 2 aliphatic carbocycles. The third-order valence-electron chi connectivity index (χ3n) is 8.33. The third-order valence-corrected chi connectivity index (χ3v) is 9.72. The van der Waals surface area contributed by atoms with E-state index in [1.807, 2.05) is 20.8 Å². The minimum Gasteiger partial charge on any atom is -0.358 e. The predicted octanol–water partition coefficient (Wildman–Crippen LogP) is 4.76. The van der Waals surface area contributed by atoms with E-state index in [-0.39, 0.29) is 17.5 Å². The highest BCUT2D eigenvalue weighted by molar-refractivity contribution is 8.32. The van der Waals surface area contributed by atoms with Crippen molar-refractivity contribution in [1.29, 1.82) is 0 Å². The van der Waals surface area contributed by atoms with Crippen molar-refractivity contribution in [3.05, 3.63) is 47.4 Å². The van der Waals surface area contributed by atoms with Crippen LogP contribution in [0.1, 0.15) is 54.5 Å². The van der Waals surface area contributed by atoms with Crippen LogP contribution in [0.4, 0.5) is 10.1 Å². The summed E-state index contributed by atoms with van der Waals surface area (Å²) in [6, 6.07) is 4.08. The molecule has 0 aromatic carbocycles. The van der Waals surface area contributed by atoms with Gasteiger partial charge in [-0.3, -0.25) is 14.3 Å². The predicted molar refractivity (Wildman–Crippen MR) is 168 cm³/mol. The fourth-order valence-electron chi connectivity index (χ4n) is 5.75. The maximum Gasteiger partial charge on any atom is 0.270 e. The van der Waals surface area contributed by atoms with Crippen molar-refractivity contribution in [2.45, 2.75) is 65.8 Å². The Morgan fingerprint density at radius 1 is 1.09 bits per heavy atom. The van der Waals surface area contributed by atoms with E-state index in [0.29, 0.717) is 43.1 Å². The lowest BCUT2D eigenvalue weighted by Gasteiger charge is -2.27. The normalized spacial score (nSPS) is 16.4. The SMILES string of the molecule is CCn1nccc1C(=O)NC(C(=O)Nc1ccc(-c2c(C)nn(COCCS(C)(C)C)c2C)nc1F)C(C1CC1)C1CC1. The number of aryl methyl sites for hydroxylation is 2. The molecule has 3 aromatic heterocycles. The van der Waals surface area contributed by atoms with Crippen LogP contribution in [0.25, 0.3) is 11.3 Å². The molecular weight excluding hydrogens is 569 g/mol. The Morgan fingerprint density at radius 3 is 2.40 bits per heavy atom. The lowest BCUT2D eigenvalue weighted by atomic mass is 9.88. The zero-order valence-electron chi connectivity index (χ0n) is 26.0. The number of halogens is 1. The number of aromatic nitrogens is 5. The van der Waals surface area contributed by atoms with E-state index in [9.17, 15) is 9.59 Å². The van der Waals surface area contributed by atoms with Crippen LogP contribution in [-0.4, -0.2) is 73.5 Å². The second kappa shape index (κ2) is 12.8. The van der Waals surface area contributed by atoms with E-state index in [1.54, 1.807) is 27.7 Å². The second-order valence-corrected chi connectivity index (χ2v) is 17.2. The highest BCUT2D eigenvalue weighted by atomic mass is 32.3. The number of carbonyl (C=O) groups excluding carboxylic acids is 2. The number of hydrogen-bond donors (Lipinski definition) is 2. The molecule has 1 atom stereocenters. The van der Waals surface area contributed by atoms with Crippen molar-refractivity contribution in [3.63, 3.8) is 0 Å². The van der Waals surface area contributed by atoms with Gasteiger partial charge in [-0.15, -0.1) is 0 Å². The summed E-state index contributed by atoms with van der Waals surface area (Å²) >= 11 is 0. The van der Waals surface area contributed by atoms with Gasteiger partial charge in [0.2, 0.25) is 11.9 Å². The summed E-state index contributed by atoms with van der Waals surface area (Å²) in [4.78, 5) is 31.2. The van der Waals surface area contributed by atoms with E-state index >= 15 is 4.39 Å². The zero-order valence-corrected chi connectivity index (χ0v) is 26.8. The van der Waals surface area contributed by atoms with Crippen molar-refractivity contribution in [3.8, 4) is 11.3 Å². The highest BCUT2D eigenvalue weighted by Gasteiger charge is 2.48. The number of pyridine rings is 1. The Hall–Kier alpha value is -3.25. The molecule has 3 aromatic rings. The van der Waals surface area contributed by atoms with Crippen molar-refractivity contribution < 1.29 is 18.7 Å². The lowest BCUT2D eigenvalue weighted by molar-refractivity contribution is -0.119. The van der Waals surface area contributed by atoms with E-state index in [4.69, 9.17) is 4.74 Å². The molecule has 2 amide bonds. The van der Waals surface area contributed by atoms with Crippen molar-refractivity contribution in [2.24, 2.45) is 17.8 Å². The average Bonchev–Trinajstić information content (AvgIpc) is 3.88. The first kappa shape index (κ1) is 31.2. The zero-order chi connectivity index (χ0) is 30.9. The van der Waals surface area contributed by atoms with E-state index < -0.39 is 27.9 Å². The third kappa shape index (κ3) is 7.46. The first-order valence-electron chi connectivity index (χ1n) is 15.0. The summed E-state index contributed by atoms with van der Waals surface area (Å²) < 4.78 is 24.7. The van der Waals surface area contributed by atoms with Crippen LogP contribution in [0.2, 0.25) is 0 Å². The van der Waals surface area contributed by atoms with E-state index in [0.717, 1.165) is 48.4 Å². The number of carbonyl (C=O) groups is 2. The number of hydrogen-bond acceptors (Lipinski definition) is 6. The summed E-state index contributed by atoms with van der Waals surface area (Å²) in [5.41, 5.74) is 3.10. The Balaban J connectivity index is 1.32. The first-order chi connectivity index (χ1) is 20.5. The molecule has 10 nitrogen and oxygen atoms in total. The van der Waals surface area contributed by atoms with Crippen molar-refractivity contribution in [1.82, 2.24) is 29.9 Å². The smallest absolute Gasteiger partial charge is 0.270 e. The molecule has 2 aliphatic rings. The molecule has 2 fully saturated rings. The maximum absolute atomic E-state index is 15.4. The van der Waals surface area contributed by atoms with Gasteiger partial charge in [0, 0.05) is 29.8 Å². The summed E-state index contributed by atoms with van der Waals surface area (Å²) in [5, 5.41) is 14.5. The second-order valence-electron chi connectivity index (χ2n) is 12.6. The minimum absolute atomic E-state index is 0.0143. The van der Waals surface area contributed by atoms with Crippen LogP contribution in [0.5, 0.6) is 0 Å². The summed E-state index contributed by atoms with van der Waals surface area (Å²) in [5.74, 6) is 0.215. The largest absolute Gasteiger partial charge is 0.358 e. The number of amides is 2. The van der Waals surface area contributed by atoms with Gasteiger partial charge in [-0.2, -0.15) is 14.6 Å². The Bertz CT molecular complexity index is 1460. The Labute approximate surface area is 254 Å². The minimum atomic E-state index is -0.787. The molecule has 0 radical (unpaired) electrons. The van der Waals surface area contributed by atoms with Gasteiger partial charge in [-0.1, -0.05) is 0 Å². The fourth-order valence-corrected chi connectivity index (χ4v) is 6.37. The Kier molecular flexibility index (Phi) is 9.26. The summed E-state index contributed by atoms with van der Waals surface area (Å²) in [7, 11) is -0.645. The van der Waals surface area contributed by atoms with Crippen molar-refractivity contribution in [2.75, 3.05) is 36.4 Å². The van der Waals surface area contributed by atoms with Crippen LogP contribution < -0.4 is 10.6 Å². The van der Waals surface area contributed by atoms with E-state index in [1.165, 1.54) is 6.07 Å². The molecule has 12 heteroatoms. The van der Waals surface area contributed by atoms with Gasteiger partial charge in [0.1, 0.15) is 18.5 Å². The van der Waals surface area contributed by atoms with Gasteiger partial charge in [0.25, 0.3) is 5.91 Å². The maximum atomic E-state index is 15.4. The standard InChI is InChI=1S/C31H44FN7O3S/c1-7-38-25(14-15-33-38)30(40)36-28(27(21-8-9-21)22-10-11-22)31(41)35-24-13-12-23(34-29(24)32)26-19(2)37-39(20(26)3)18-42-16-17-43(4,5)6/h12-15,21-22,27-28H,7-11,16-18H2,1-6H3,(H,35,41)(H,36,40). The highest BCUT2D eigenvalue weighted by Crippen LogP contribution is 2.51. The quantitative estimate of drug-likeness (QED) is 0.200. The molecule has 0 bridgehead atoms. The average molecular weight is 614 g/mol. The van der Waals surface area contributed by atoms with Gasteiger partial charge in [0.05, 0.1) is 23.7 Å². The number of anilines is 1. The molecule has 234 valence electrons. The van der Waals surface area contributed by atoms with Gasteiger partial charge in [0.15, 0.2) is 0 Å². The van der Waals surface area contributed by atoms with Crippen molar-refractivity contribution >= 4 is 27.5 Å². The number of ether oxygens (including phenoxy) is 1. The topological polar surface area (TPSA) is 116 Å². The van der Waals surface area contributed by atoms with Gasteiger partial charge in [-0.05, 0) is 101 Å². The molecule has 5 rings (SSSR count). The summed E-state index contributed by atoms with van der Waals surface area (Å²) in [6.45, 7) is 7.18. The molecule has 0 spiro atoms. The monoisotopic (exact) mass is 613 g/mol. The molecule has 43 heavy (non-hydrogen) atoms. The molecule has 2 N–H and O–H groups in total. The molecular formula is C31H44FN7O3S. The van der Waals surface area contributed by atoms with Crippen LogP contribution in [0.15, 0.2) is 24.4 Å². The number of nitrogens with zero attached hydrogens (tertiary/aromatic N) is 5. The first-order valence-corrected chi connectivity index (χ1v) is 18.1. The van der Waals surface area contributed by atoms with E-state index in [2.05, 4.69) is 44.6 Å². The fraction of sp³-hybridized carbons (Fsp3) is 0.581. The molecule has 1 unspecified atom stereocenters.